The molecule has 0 saturated carbocycles. The van der Waals surface area contributed by atoms with Gasteiger partial charge in [0.05, 0.1) is 0 Å². The van der Waals surface area contributed by atoms with E-state index < -0.39 is 0 Å². The van der Waals surface area contributed by atoms with E-state index in [4.69, 9.17) is 0 Å². The third-order valence-corrected chi connectivity index (χ3v) is 4.55. The molecule has 0 atom stereocenters. The van der Waals surface area contributed by atoms with Gasteiger partial charge in [-0.3, -0.25) is 14.4 Å². The van der Waals surface area contributed by atoms with Gasteiger partial charge in [0.1, 0.15) is 0 Å². The number of carbonyl (C=O) groups excluding carboxylic acids is 3. The highest BCUT2D eigenvalue weighted by Gasteiger charge is 2.15. The molecule has 1 N–H and O–H groups in total. The molecule has 0 spiro atoms. The lowest BCUT2D eigenvalue weighted by molar-refractivity contribution is -0.130. The van der Waals surface area contributed by atoms with Gasteiger partial charge in [-0.25, -0.2) is 0 Å². The van der Waals surface area contributed by atoms with Crippen molar-refractivity contribution in [3.8, 4) is 0 Å². The Balaban J connectivity index is 1.61. The highest BCUT2D eigenvalue weighted by molar-refractivity contribution is 5.97. The van der Waals surface area contributed by atoms with Crippen LogP contribution in [0.4, 0.5) is 0 Å². The number of rotatable bonds is 8. The van der Waals surface area contributed by atoms with E-state index in [9.17, 15) is 14.4 Å². The van der Waals surface area contributed by atoms with Crippen LogP contribution in [-0.2, 0) is 9.59 Å². The zero-order valence-electron chi connectivity index (χ0n) is 15.1. The van der Waals surface area contributed by atoms with Crippen molar-refractivity contribution in [3.63, 3.8) is 0 Å². The molecular weight excluding hydrogens is 316 g/mol. The average Bonchev–Trinajstić information content (AvgIpc) is 2.81. The van der Waals surface area contributed by atoms with Crippen LogP contribution >= 0.6 is 0 Å². The van der Waals surface area contributed by atoms with Crippen LogP contribution in [0.5, 0.6) is 0 Å². The van der Waals surface area contributed by atoms with Crippen molar-refractivity contribution in [1.82, 2.24) is 10.2 Å². The number of benzene rings is 1. The number of amides is 2. The lowest BCUT2D eigenvalue weighted by atomic mass is 10.1. The van der Waals surface area contributed by atoms with Crippen molar-refractivity contribution in [2.24, 2.45) is 0 Å². The maximum atomic E-state index is 12.0. The first-order valence-corrected chi connectivity index (χ1v) is 9.20. The number of aryl methyl sites for hydroxylation is 1. The van der Waals surface area contributed by atoms with Gasteiger partial charge >= 0.3 is 0 Å². The molecule has 2 rings (SSSR count). The number of carbonyl (C=O) groups is 3. The normalized spacial score (nSPS) is 14.9. The van der Waals surface area contributed by atoms with Crippen LogP contribution in [0.15, 0.2) is 24.3 Å². The molecule has 136 valence electrons. The second-order valence-electron chi connectivity index (χ2n) is 6.68. The summed E-state index contributed by atoms with van der Waals surface area (Å²) in [6.45, 7) is 4.04. The molecule has 5 heteroatoms. The van der Waals surface area contributed by atoms with Crippen LogP contribution in [-0.4, -0.2) is 42.1 Å². The third kappa shape index (κ3) is 6.69. The van der Waals surface area contributed by atoms with Crippen LogP contribution in [0, 0.1) is 6.92 Å². The van der Waals surface area contributed by atoms with Gasteiger partial charge in [0.15, 0.2) is 5.78 Å². The minimum Gasteiger partial charge on any atom is -0.356 e. The molecule has 1 heterocycles. The molecule has 1 saturated heterocycles. The van der Waals surface area contributed by atoms with Crippen LogP contribution in [0.3, 0.4) is 0 Å². The fourth-order valence-electron chi connectivity index (χ4n) is 2.97. The fraction of sp³-hybridized carbons (Fsp3) is 0.550. The maximum absolute atomic E-state index is 12.0. The molecular formula is C20H28N2O3. The van der Waals surface area contributed by atoms with Crippen molar-refractivity contribution in [2.45, 2.75) is 51.9 Å². The molecule has 0 aromatic heterocycles. The van der Waals surface area contributed by atoms with Gasteiger partial charge in [0.25, 0.3) is 0 Å². The Hall–Kier alpha value is -2.17. The lowest BCUT2D eigenvalue weighted by Gasteiger charge is -2.20. The fourth-order valence-corrected chi connectivity index (χ4v) is 2.97. The summed E-state index contributed by atoms with van der Waals surface area (Å²) in [5, 5.41) is 2.84. The largest absolute Gasteiger partial charge is 0.356 e. The van der Waals surface area contributed by atoms with E-state index in [1.165, 1.54) is 0 Å². The molecule has 0 unspecified atom stereocenters. The molecule has 25 heavy (non-hydrogen) atoms. The van der Waals surface area contributed by atoms with Crippen LogP contribution in [0.2, 0.25) is 0 Å². The van der Waals surface area contributed by atoms with Gasteiger partial charge in [-0.05, 0) is 26.2 Å². The molecule has 1 fully saturated rings. The Labute approximate surface area is 149 Å². The lowest BCUT2D eigenvalue weighted by Crippen LogP contribution is -2.34. The summed E-state index contributed by atoms with van der Waals surface area (Å²) in [6.07, 6.45) is 5.00. The summed E-state index contributed by atoms with van der Waals surface area (Å²) >= 11 is 0. The van der Waals surface area contributed by atoms with Crippen LogP contribution in [0.25, 0.3) is 0 Å². The minimum atomic E-state index is -0.109. The number of likely N-dealkylation sites (tertiary alicyclic amines) is 1. The summed E-state index contributed by atoms with van der Waals surface area (Å²) < 4.78 is 0. The molecule has 1 aromatic rings. The van der Waals surface area contributed by atoms with E-state index in [1.54, 1.807) is 12.1 Å². The first-order chi connectivity index (χ1) is 12.1. The van der Waals surface area contributed by atoms with E-state index in [2.05, 4.69) is 5.32 Å². The number of nitrogens with zero attached hydrogens (tertiary/aromatic N) is 1. The van der Waals surface area contributed by atoms with E-state index in [0.29, 0.717) is 25.1 Å². The molecule has 5 nitrogen and oxygen atoms in total. The highest BCUT2D eigenvalue weighted by atomic mass is 16.2. The topological polar surface area (TPSA) is 66.5 Å². The van der Waals surface area contributed by atoms with Gasteiger partial charge in [-0.2, -0.15) is 0 Å². The molecule has 0 radical (unpaired) electrons. The number of nitrogens with one attached hydrogen (secondary N) is 1. The number of ketones is 1. The standard InChI is InChI=1S/C20H28N2O3/c1-16-7-9-17(10-8-16)18(23)11-12-19(24)21-13-5-15-22-14-4-2-3-6-20(22)25/h7-10H,2-6,11-15H2,1H3,(H,21,24). The number of hydrogen-bond donors (Lipinski definition) is 1. The van der Waals surface area contributed by atoms with Gasteiger partial charge in [-0.1, -0.05) is 36.2 Å². The molecule has 1 aromatic carbocycles. The van der Waals surface area contributed by atoms with E-state index in [-0.39, 0.29) is 30.4 Å². The second kappa shape index (κ2) is 9.97. The van der Waals surface area contributed by atoms with Gasteiger partial charge < -0.3 is 10.2 Å². The second-order valence-corrected chi connectivity index (χ2v) is 6.68. The van der Waals surface area contributed by atoms with E-state index >= 15 is 0 Å². The van der Waals surface area contributed by atoms with Gasteiger partial charge in [-0.15, -0.1) is 0 Å². The summed E-state index contributed by atoms with van der Waals surface area (Å²) in [7, 11) is 0. The summed E-state index contributed by atoms with van der Waals surface area (Å²) in [5.41, 5.74) is 1.76. The molecule has 2 amide bonds. The first kappa shape index (κ1) is 19.2. The van der Waals surface area contributed by atoms with Gasteiger partial charge in [0.2, 0.25) is 11.8 Å². The number of Topliss-reactive ketones (excluding diaryl/α,β-unsaturated/α-hetero) is 1. The van der Waals surface area contributed by atoms with Crippen molar-refractivity contribution < 1.29 is 14.4 Å². The van der Waals surface area contributed by atoms with E-state index in [1.807, 2.05) is 24.0 Å². The van der Waals surface area contributed by atoms with Crippen LogP contribution in [0.1, 0.15) is 60.9 Å². The average molecular weight is 344 g/mol. The number of hydrogen-bond acceptors (Lipinski definition) is 3. The summed E-state index contributed by atoms with van der Waals surface area (Å²) in [6, 6.07) is 7.40. The minimum absolute atomic E-state index is 0.00897. The SMILES string of the molecule is Cc1ccc(C(=O)CCC(=O)NCCCN2CCCCCC2=O)cc1. The van der Waals surface area contributed by atoms with Gasteiger partial charge in [0, 0.05) is 44.5 Å². The smallest absolute Gasteiger partial charge is 0.222 e. The monoisotopic (exact) mass is 344 g/mol. The van der Waals surface area contributed by atoms with Crippen molar-refractivity contribution in [3.05, 3.63) is 35.4 Å². The van der Waals surface area contributed by atoms with Crippen molar-refractivity contribution in [2.75, 3.05) is 19.6 Å². The first-order valence-electron chi connectivity index (χ1n) is 9.20. The third-order valence-electron chi connectivity index (χ3n) is 4.55. The molecule has 0 aliphatic carbocycles. The zero-order chi connectivity index (χ0) is 18.1. The zero-order valence-corrected chi connectivity index (χ0v) is 15.1. The maximum Gasteiger partial charge on any atom is 0.222 e. The molecule has 1 aliphatic heterocycles. The van der Waals surface area contributed by atoms with E-state index in [0.717, 1.165) is 37.8 Å². The Morgan fingerprint density at radius 3 is 2.60 bits per heavy atom. The molecule has 1 aliphatic rings. The Morgan fingerprint density at radius 1 is 1.08 bits per heavy atom. The Bertz CT molecular complexity index is 595. The predicted octanol–water partition coefficient (Wildman–Crippen LogP) is 2.87. The summed E-state index contributed by atoms with van der Waals surface area (Å²) in [5.74, 6) is 0.112. The van der Waals surface area contributed by atoms with Crippen molar-refractivity contribution >= 4 is 17.6 Å². The molecule has 0 bridgehead atoms. The highest BCUT2D eigenvalue weighted by Crippen LogP contribution is 2.11. The van der Waals surface area contributed by atoms with Crippen molar-refractivity contribution in [1.29, 1.82) is 0 Å². The van der Waals surface area contributed by atoms with Crippen LogP contribution < -0.4 is 5.32 Å². The Morgan fingerprint density at radius 2 is 1.84 bits per heavy atom. The quantitative estimate of drug-likeness (QED) is 0.582. The summed E-state index contributed by atoms with van der Waals surface area (Å²) in [4.78, 5) is 37.7. The predicted molar refractivity (Wildman–Crippen MR) is 97.4 cm³/mol. The Kier molecular flexibility index (Phi) is 7.64.